The number of amides is 1. The summed E-state index contributed by atoms with van der Waals surface area (Å²) in [6, 6.07) is 13.8. The van der Waals surface area contributed by atoms with Gasteiger partial charge in [-0.3, -0.25) is 9.36 Å². The van der Waals surface area contributed by atoms with Gasteiger partial charge in [0.05, 0.1) is 16.0 Å². The maximum absolute atomic E-state index is 12.4. The SMILES string of the molecule is C=CCn1c(COc2ccc(C)cc2C)nnc1SCC(=O)Nc1nc2ccccc2s1. The lowest BCUT2D eigenvalue weighted by Crippen LogP contribution is -2.14. The van der Waals surface area contributed by atoms with Crippen molar-refractivity contribution < 1.29 is 9.53 Å². The molecule has 0 aliphatic carbocycles. The molecule has 0 atom stereocenters. The number of hydrogen-bond donors (Lipinski definition) is 1. The van der Waals surface area contributed by atoms with Crippen LogP contribution < -0.4 is 10.1 Å². The van der Waals surface area contributed by atoms with Crippen LogP contribution in [0.25, 0.3) is 10.2 Å². The lowest BCUT2D eigenvalue weighted by molar-refractivity contribution is -0.113. The van der Waals surface area contributed by atoms with Gasteiger partial charge in [0.1, 0.15) is 12.4 Å². The minimum absolute atomic E-state index is 0.143. The maximum atomic E-state index is 12.4. The lowest BCUT2D eigenvalue weighted by Gasteiger charge is -2.11. The summed E-state index contributed by atoms with van der Waals surface area (Å²) in [4.78, 5) is 16.9. The van der Waals surface area contributed by atoms with E-state index in [1.807, 2.05) is 54.8 Å². The van der Waals surface area contributed by atoms with Crippen LogP contribution >= 0.6 is 23.1 Å². The molecule has 4 rings (SSSR count). The Bertz CT molecular complexity index is 1230. The van der Waals surface area contributed by atoms with Gasteiger partial charge in [0.2, 0.25) is 5.91 Å². The first kappa shape index (κ1) is 22.0. The van der Waals surface area contributed by atoms with Crippen molar-refractivity contribution in [1.29, 1.82) is 0 Å². The number of nitrogens with one attached hydrogen (secondary N) is 1. The van der Waals surface area contributed by atoms with Crippen LogP contribution in [-0.4, -0.2) is 31.4 Å². The second-order valence-electron chi connectivity index (χ2n) is 7.18. The molecule has 1 amide bonds. The number of carbonyl (C=O) groups is 1. The molecule has 0 bridgehead atoms. The van der Waals surface area contributed by atoms with E-state index < -0.39 is 0 Å². The highest BCUT2D eigenvalue weighted by atomic mass is 32.2. The highest BCUT2D eigenvalue weighted by molar-refractivity contribution is 7.99. The maximum Gasteiger partial charge on any atom is 0.236 e. The van der Waals surface area contributed by atoms with Gasteiger partial charge in [0, 0.05) is 6.54 Å². The standard InChI is InChI=1S/C23H23N5O2S2/c1-4-11-28-20(13-30-18-10-9-15(2)12-16(18)3)26-27-23(28)31-14-21(29)25-22-24-17-7-5-6-8-19(17)32-22/h4-10,12H,1,11,13-14H2,2-3H3,(H,24,25,29). The number of thioether (sulfide) groups is 1. The Labute approximate surface area is 194 Å². The molecule has 0 radical (unpaired) electrons. The molecule has 0 fully saturated rings. The third-order valence-corrected chi connectivity index (χ3v) is 6.58. The number of thiazole rings is 1. The number of benzene rings is 2. The summed E-state index contributed by atoms with van der Waals surface area (Å²) in [6.45, 7) is 8.69. The molecule has 0 aliphatic rings. The molecule has 0 spiro atoms. The van der Waals surface area contributed by atoms with E-state index in [1.54, 1.807) is 6.08 Å². The number of carbonyl (C=O) groups excluding carboxylic acids is 1. The smallest absolute Gasteiger partial charge is 0.236 e. The van der Waals surface area contributed by atoms with Gasteiger partial charge >= 0.3 is 0 Å². The van der Waals surface area contributed by atoms with Crippen LogP contribution in [0.1, 0.15) is 17.0 Å². The molecule has 164 valence electrons. The highest BCUT2D eigenvalue weighted by Crippen LogP contribution is 2.26. The lowest BCUT2D eigenvalue weighted by atomic mass is 10.1. The fraction of sp³-hybridized carbons (Fsp3) is 0.217. The molecule has 0 saturated carbocycles. The predicted octanol–water partition coefficient (Wildman–Crippen LogP) is 5.00. The molecule has 9 heteroatoms. The molecule has 4 aromatic rings. The third kappa shape index (κ3) is 5.17. The van der Waals surface area contributed by atoms with Gasteiger partial charge in [-0.05, 0) is 37.6 Å². The van der Waals surface area contributed by atoms with Crippen molar-refractivity contribution in [1.82, 2.24) is 19.7 Å². The zero-order valence-corrected chi connectivity index (χ0v) is 19.5. The van der Waals surface area contributed by atoms with Crippen molar-refractivity contribution in [2.45, 2.75) is 32.2 Å². The van der Waals surface area contributed by atoms with Crippen molar-refractivity contribution in [2.24, 2.45) is 0 Å². The molecular weight excluding hydrogens is 442 g/mol. The van der Waals surface area contributed by atoms with Crippen LogP contribution in [0, 0.1) is 13.8 Å². The Kier molecular flexibility index (Phi) is 6.87. The van der Waals surface area contributed by atoms with E-state index in [0.29, 0.717) is 22.7 Å². The van der Waals surface area contributed by atoms with Crippen molar-refractivity contribution in [3.63, 3.8) is 0 Å². The molecule has 0 saturated heterocycles. The fourth-order valence-electron chi connectivity index (χ4n) is 3.16. The van der Waals surface area contributed by atoms with Crippen LogP contribution in [0.4, 0.5) is 5.13 Å². The first-order valence-electron chi connectivity index (χ1n) is 10.0. The first-order valence-corrected chi connectivity index (χ1v) is 11.8. The molecule has 32 heavy (non-hydrogen) atoms. The number of para-hydroxylation sites is 1. The quantitative estimate of drug-likeness (QED) is 0.277. The predicted molar refractivity (Wildman–Crippen MR) is 129 cm³/mol. The zero-order chi connectivity index (χ0) is 22.5. The number of aryl methyl sites for hydroxylation is 2. The Balaban J connectivity index is 1.39. The van der Waals surface area contributed by atoms with Gasteiger partial charge in [-0.1, -0.05) is 59.0 Å². The van der Waals surface area contributed by atoms with E-state index in [4.69, 9.17) is 4.74 Å². The van der Waals surface area contributed by atoms with Gasteiger partial charge < -0.3 is 10.1 Å². The Morgan fingerprint density at radius 1 is 1.25 bits per heavy atom. The molecule has 1 N–H and O–H groups in total. The Hall–Kier alpha value is -3.17. The van der Waals surface area contributed by atoms with E-state index in [1.165, 1.54) is 28.7 Å². The Morgan fingerprint density at radius 3 is 2.88 bits per heavy atom. The summed E-state index contributed by atoms with van der Waals surface area (Å²) in [7, 11) is 0. The number of aromatic nitrogens is 4. The first-order chi connectivity index (χ1) is 15.5. The van der Waals surface area contributed by atoms with Gasteiger partial charge in [-0.15, -0.1) is 16.8 Å². The largest absolute Gasteiger partial charge is 0.485 e. The normalized spacial score (nSPS) is 10.9. The fourth-order valence-corrected chi connectivity index (χ4v) is 4.81. The van der Waals surface area contributed by atoms with E-state index in [2.05, 4.69) is 33.1 Å². The zero-order valence-electron chi connectivity index (χ0n) is 17.9. The third-order valence-electron chi connectivity index (χ3n) is 4.66. The number of ether oxygens (including phenoxy) is 1. The summed E-state index contributed by atoms with van der Waals surface area (Å²) in [5.74, 6) is 1.55. The van der Waals surface area contributed by atoms with Gasteiger partial charge in [-0.25, -0.2) is 4.98 Å². The van der Waals surface area contributed by atoms with Crippen molar-refractivity contribution in [3.8, 4) is 5.75 Å². The number of rotatable bonds is 9. The number of nitrogens with zero attached hydrogens (tertiary/aromatic N) is 4. The minimum atomic E-state index is -0.143. The molecule has 0 unspecified atom stereocenters. The molecule has 2 aromatic carbocycles. The van der Waals surface area contributed by atoms with Crippen LogP contribution in [0.3, 0.4) is 0 Å². The molecule has 0 aliphatic heterocycles. The summed E-state index contributed by atoms with van der Waals surface area (Å²) < 4.78 is 8.90. The van der Waals surface area contributed by atoms with Gasteiger partial charge in [0.25, 0.3) is 0 Å². The van der Waals surface area contributed by atoms with E-state index in [0.717, 1.165) is 21.5 Å². The number of fused-ring (bicyclic) bond motifs is 1. The topological polar surface area (TPSA) is 81.9 Å². The summed E-state index contributed by atoms with van der Waals surface area (Å²) in [6.07, 6.45) is 1.77. The second-order valence-corrected chi connectivity index (χ2v) is 9.15. The molecule has 2 heterocycles. The molecule has 7 nitrogen and oxygen atoms in total. The van der Waals surface area contributed by atoms with Crippen molar-refractivity contribution >= 4 is 44.4 Å². The summed E-state index contributed by atoms with van der Waals surface area (Å²) >= 11 is 2.77. The highest BCUT2D eigenvalue weighted by Gasteiger charge is 2.15. The van der Waals surface area contributed by atoms with Crippen molar-refractivity contribution in [2.75, 3.05) is 11.1 Å². The van der Waals surface area contributed by atoms with Crippen LogP contribution in [-0.2, 0) is 17.9 Å². The summed E-state index contributed by atoms with van der Waals surface area (Å²) in [5, 5.41) is 12.6. The van der Waals surface area contributed by atoms with Crippen LogP contribution in [0.15, 0.2) is 60.3 Å². The minimum Gasteiger partial charge on any atom is -0.485 e. The number of hydrogen-bond acceptors (Lipinski definition) is 7. The van der Waals surface area contributed by atoms with Crippen LogP contribution in [0.5, 0.6) is 5.75 Å². The average molecular weight is 466 g/mol. The van der Waals surface area contributed by atoms with Gasteiger partial charge in [0.15, 0.2) is 16.1 Å². The monoisotopic (exact) mass is 465 g/mol. The van der Waals surface area contributed by atoms with E-state index >= 15 is 0 Å². The Morgan fingerprint density at radius 2 is 2.09 bits per heavy atom. The van der Waals surface area contributed by atoms with E-state index in [-0.39, 0.29) is 18.3 Å². The molecular formula is C23H23N5O2S2. The number of anilines is 1. The van der Waals surface area contributed by atoms with Crippen molar-refractivity contribution in [3.05, 3.63) is 72.1 Å². The second kappa shape index (κ2) is 9.97. The van der Waals surface area contributed by atoms with Gasteiger partial charge in [-0.2, -0.15) is 0 Å². The van der Waals surface area contributed by atoms with E-state index in [9.17, 15) is 4.79 Å². The van der Waals surface area contributed by atoms with Crippen LogP contribution in [0.2, 0.25) is 0 Å². The molecule has 2 aromatic heterocycles. The number of allylic oxidation sites excluding steroid dienone is 1. The average Bonchev–Trinajstić information content (AvgIpc) is 3.35. The summed E-state index contributed by atoms with van der Waals surface area (Å²) in [5.41, 5.74) is 3.13.